The van der Waals surface area contributed by atoms with Crippen molar-refractivity contribution in [3.8, 4) is 0 Å². The van der Waals surface area contributed by atoms with Crippen LogP contribution in [0.15, 0.2) is 12.2 Å². The summed E-state index contributed by atoms with van der Waals surface area (Å²) in [7, 11) is 0. The van der Waals surface area contributed by atoms with Crippen molar-refractivity contribution in [3.63, 3.8) is 0 Å². The highest BCUT2D eigenvalue weighted by Crippen LogP contribution is 2.49. The fourth-order valence-corrected chi connectivity index (χ4v) is 2.25. The minimum Gasteiger partial charge on any atom is -0.298 e. The Morgan fingerprint density at radius 2 is 1.86 bits per heavy atom. The van der Waals surface area contributed by atoms with Crippen LogP contribution in [0.1, 0.15) is 47.5 Å². The van der Waals surface area contributed by atoms with Crippen molar-refractivity contribution in [2.24, 2.45) is 17.3 Å². The Labute approximate surface area is 88.6 Å². The molecule has 0 saturated heterocycles. The molecule has 1 aliphatic rings. The average molecular weight is 196 g/mol. The van der Waals surface area contributed by atoms with E-state index in [4.69, 9.17) is 0 Å². The Bertz CT molecular complexity index is 203. The van der Waals surface area contributed by atoms with Crippen LogP contribution in [-0.2, 0) is 4.79 Å². The number of carbonyl (C=O) groups is 1. The average Bonchev–Trinajstić information content (AvgIpc) is 2.44. The maximum Gasteiger partial charge on any atom is 0.145 e. The van der Waals surface area contributed by atoms with Gasteiger partial charge in [-0.05, 0) is 35.7 Å². The number of aldehydes is 1. The Hall–Kier alpha value is -0.590. The van der Waals surface area contributed by atoms with E-state index >= 15 is 0 Å². The van der Waals surface area contributed by atoms with Crippen LogP contribution in [0.4, 0.5) is 0 Å². The zero-order chi connectivity index (χ0) is 11.4. The molecule has 0 radical (unpaired) electrons. The SMILES string of the molecule is C=C(C=O)C1CCC(C)C1(C)C.CC. The molecule has 0 aromatic carbocycles. The second-order valence-corrected chi connectivity index (χ2v) is 4.55. The zero-order valence-corrected chi connectivity index (χ0v) is 10.3. The van der Waals surface area contributed by atoms with Crippen molar-refractivity contribution < 1.29 is 4.79 Å². The molecule has 0 aliphatic heterocycles. The first-order valence-corrected chi connectivity index (χ1v) is 5.64. The summed E-state index contributed by atoms with van der Waals surface area (Å²) in [5, 5.41) is 0. The maximum atomic E-state index is 10.6. The van der Waals surface area contributed by atoms with Crippen LogP contribution < -0.4 is 0 Å². The van der Waals surface area contributed by atoms with Crippen molar-refractivity contribution in [1.29, 1.82) is 0 Å². The standard InChI is InChI=1S/C11H18O.C2H6/c1-8(7-12)10-6-5-9(2)11(10,3)4;1-2/h7,9-10H,1,5-6H2,2-4H3;1-2H3. The molecule has 82 valence electrons. The van der Waals surface area contributed by atoms with E-state index < -0.39 is 0 Å². The molecule has 0 N–H and O–H groups in total. The predicted molar refractivity (Wildman–Crippen MR) is 62.2 cm³/mol. The van der Waals surface area contributed by atoms with Gasteiger partial charge in [-0.25, -0.2) is 0 Å². The quantitative estimate of drug-likeness (QED) is 0.484. The largest absolute Gasteiger partial charge is 0.298 e. The lowest BCUT2D eigenvalue weighted by Gasteiger charge is -2.30. The first kappa shape index (κ1) is 13.4. The summed E-state index contributed by atoms with van der Waals surface area (Å²) in [5.41, 5.74) is 1.04. The van der Waals surface area contributed by atoms with E-state index in [0.29, 0.717) is 11.8 Å². The summed E-state index contributed by atoms with van der Waals surface area (Å²) >= 11 is 0. The molecule has 0 amide bonds. The third kappa shape index (κ3) is 2.46. The Morgan fingerprint density at radius 1 is 1.36 bits per heavy atom. The molecule has 1 rings (SSSR count). The van der Waals surface area contributed by atoms with E-state index in [1.807, 2.05) is 13.8 Å². The van der Waals surface area contributed by atoms with Gasteiger partial charge in [0.2, 0.25) is 0 Å². The van der Waals surface area contributed by atoms with E-state index in [0.717, 1.165) is 18.3 Å². The predicted octanol–water partition coefficient (Wildman–Crippen LogP) is 3.84. The first-order chi connectivity index (χ1) is 6.50. The molecule has 0 spiro atoms. The summed E-state index contributed by atoms with van der Waals surface area (Å²) < 4.78 is 0. The molecule has 14 heavy (non-hydrogen) atoms. The molecular weight excluding hydrogens is 172 g/mol. The summed E-state index contributed by atoms with van der Waals surface area (Å²) in [6.07, 6.45) is 3.28. The second-order valence-electron chi connectivity index (χ2n) is 4.55. The molecule has 0 bridgehead atoms. The highest BCUT2D eigenvalue weighted by molar-refractivity contribution is 5.73. The van der Waals surface area contributed by atoms with Crippen LogP contribution in [-0.4, -0.2) is 6.29 Å². The first-order valence-electron chi connectivity index (χ1n) is 5.64. The molecular formula is C13H24O. The van der Waals surface area contributed by atoms with Gasteiger partial charge in [-0.3, -0.25) is 4.79 Å². The molecule has 0 heterocycles. The number of rotatable bonds is 2. The van der Waals surface area contributed by atoms with Gasteiger partial charge in [-0.1, -0.05) is 41.2 Å². The lowest BCUT2D eigenvalue weighted by Crippen LogP contribution is -2.24. The van der Waals surface area contributed by atoms with Crippen LogP contribution in [0.2, 0.25) is 0 Å². The highest BCUT2D eigenvalue weighted by Gasteiger charge is 2.41. The lowest BCUT2D eigenvalue weighted by molar-refractivity contribution is -0.105. The number of hydrogen-bond acceptors (Lipinski definition) is 1. The van der Waals surface area contributed by atoms with Crippen molar-refractivity contribution in [2.45, 2.75) is 47.5 Å². The second kappa shape index (κ2) is 5.33. The maximum absolute atomic E-state index is 10.6. The van der Waals surface area contributed by atoms with Crippen LogP contribution in [0.5, 0.6) is 0 Å². The molecule has 2 unspecified atom stereocenters. The van der Waals surface area contributed by atoms with Gasteiger partial charge in [-0.2, -0.15) is 0 Å². The van der Waals surface area contributed by atoms with Gasteiger partial charge in [0.1, 0.15) is 6.29 Å². The van der Waals surface area contributed by atoms with E-state index in [1.54, 1.807) is 0 Å². The third-order valence-corrected chi connectivity index (χ3v) is 3.66. The fourth-order valence-electron chi connectivity index (χ4n) is 2.25. The van der Waals surface area contributed by atoms with Crippen LogP contribution >= 0.6 is 0 Å². The Kier molecular flexibility index (Phi) is 5.11. The molecule has 1 aliphatic carbocycles. The summed E-state index contributed by atoms with van der Waals surface area (Å²) in [5.74, 6) is 1.11. The minimum atomic E-state index is 0.262. The van der Waals surface area contributed by atoms with Gasteiger partial charge < -0.3 is 0 Å². The smallest absolute Gasteiger partial charge is 0.145 e. The normalized spacial score (nSPS) is 28.9. The van der Waals surface area contributed by atoms with E-state index in [9.17, 15) is 4.79 Å². The van der Waals surface area contributed by atoms with Crippen LogP contribution in [0.3, 0.4) is 0 Å². The van der Waals surface area contributed by atoms with E-state index in [2.05, 4.69) is 27.4 Å². The van der Waals surface area contributed by atoms with Crippen molar-refractivity contribution in [1.82, 2.24) is 0 Å². The van der Waals surface area contributed by atoms with Gasteiger partial charge in [0.15, 0.2) is 0 Å². The third-order valence-electron chi connectivity index (χ3n) is 3.66. The molecule has 2 atom stereocenters. The molecule has 0 aromatic rings. The number of hydrogen-bond donors (Lipinski definition) is 0. The van der Waals surface area contributed by atoms with Gasteiger partial charge in [0.25, 0.3) is 0 Å². The van der Waals surface area contributed by atoms with E-state index in [1.165, 1.54) is 6.42 Å². The van der Waals surface area contributed by atoms with Crippen molar-refractivity contribution in [3.05, 3.63) is 12.2 Å². The highest BCUT2D eigenvalue weighted by atomic mass is 16.1. The molecule has 1 fully saturated rings. The molecule has 1 saturated carbocycles. The van der Waals surface area contributed by atoms with Gasteiger partial charge in [0, 0.05) is 0 Å². The topological polar surface area (TPSA) is 17.1 Å². The van der Waals surface area contributed by atoms with E-state index in [-0.39, 0.29) is 5.41 Å². The number of allylic oxidation sites excluding steroid dienone is 1. The summed E-state index contributed by atoms with van der Waals surface area (Å²) in [6, 6.07) is 0. The van der Waals surface area contributed by atoms with Crippen LogP contribution in [0, 0.1) is 17.3 Å². The summed E-state index contributed by atoms with van der Waals surface area (Å²) in [4.78, 5) is 10.6. The van der Waals surface area contributed by atoms with Crippen molar-refractivity contribution in [2.75, 3.05) is 0 Å². The van der Waals surface area contributed by atoms with Gasteiger partial charge >= 0.3 is 0 Å². The van der Waals surface area contributed by atoms with Crippen LogP contribution in [0.25, 0.3) is 0 Å². The fraction of sp³-hybridized carbons (Fsp3) is 0.769. The zero-order valence-electron chi connectivity index (χ0n) is 10.3. The van der Waals surface area contributed by atoms with Gasteiger partial charge in [0.05, 0.1) is 0 Å². The Morgan fingerprint density at radius 3 is 2.14 bits per heavy atom. The minimum absolute atomic E-state index is 0.262. The molecule has 1 nitrogen and oxygen atoms in total. The number of carbonyl (C=O) groups excluding carboxylic acids is 1. The van der Waals surface area contributed by atoms with Gasteiger partial charge in [-0.15, -0.1) is 0 Å². The Balaban J connectivity index is 0.000000791. The lowest BCUT2D eigenvalue weighted by atomic mass is 9.74. The van der Waals surface area contributed by atoms with Crippen molar-refractivity contribution >= 4 is 6.29 Å². The molecule has 0 aromatic heterocycles. The summed E-state index contributed by atoms with van der Waals surface area (Å²) in [6.45, 7) is 14.6. The monoisotopic (exact) mass is 196 g/mol. The molecule has 1 heteroatoms.